The van der Waals surface area contributed by atoms with Gasteiger partial charge in [-0.25, -0.2) is 0 Å². The molecule has 0 amide bonds. The Labute approximate surface area is 95.2 Å². The van der Waals surface area contributed by atoms with Gasteiger partial charge in [-0.1, -0.05) is 37.0 Å². The van der Waals surface area contributed by atoms with E-state index in [1.807, 2.05) is 20.8 Å². The maximum Gasteiger partial charge on any atom is 0.0693 e. The maximum atomic E-state index is 5.71. The van der Waals surface area contributed by atoms with Crippen molar-refractivity contribution in [3.63, 3.8) is 0 Å². The largest absolute Gasteiger partial charge is 0.396 e. The van der Waals surface area contributed by atoms with E-state index in [-0.39, 0.29) is 0 Å². The predicted molar refractivity (Wildman–Crippen MR) is 64.9 cm³/mol. The van der Waals surface area contributed by atoms with Crippen LogP contribution in [0, 0.1) is 6.92 Å². The van der Waals surface area contributed by atoms with Crippen LogP contribution in [0.3, 0.4) is 0 Å². The molecular weight excluding hydrogens is 219 g/mol. The molecule has 0 radical (unpaired) electrons. The van der Waals surface area contributed by atoms with Gasteiger partial charge in [-0.15, -0.1) is 0 Å². The third kappa shape index (κ3) is 5.32. The molecule has 0 saturated carbocycles. The van der Waals surface area contributed by atoms with Crippen molar-refractivity contribution in [2.24, 2.45) is 5.73 Å². The first-order valence-electron chi connectivity index (χ1n) is 4.31. The summed E-state index contributed by atoms with van der Waals surface area (Å²) in [6.07, 6.45) is 0. The molecule has 0 aliphatic heterocycles. The molecule has 2 nitrogen and oxygen atoms in total. The minimum absolute atomic E-state index is 0.333. The molecular formula is C10H16Cl2N2. The summed E-state index contributed by atoms with van der Waals surface area (Å²) in [5, 5.41) is 1.04. The van der Waals surface area contributed by atoms with Crippen molar-refractivity contribution in [3.8, 4) is 0 Å². The molecule has 4 N–H and O–H groups in total. The normalized spacial score (nSPS) is 9.64. The lowest BCUT2D eigenvalue weighted by Crippen LogP contribution is -2.06. The van der Waals surface area contributed by atoms with Crippen molar-refractivity contribution in [1.29, 1.82) is 0 Å². The fraction of sp³-hybridized carbons (Fsp3) is 0.400. The van der Waals surface area contributed by atoms with Crippen molar-refractivity contribution in [1.82, 2.24) is 0 Å². The van der Waals surface area contributed by atoms with Gasteiger partial charge in [-0.3, -0.25) is 0 Å². The lowest BCUT2D eigenvalue weighted by Gasteiger charge is -2.01. The smallest absolute Gasteiger partial charge is 0.0693 e. The molecule has 0 atom stereocenters. The highest BCUT2D eigenvalue weighted by molar-refractivity contribution is 6.38. The van der Waals surface area contributed by atoms with Gasteiger partial charge in [-0.2, -0.15) is 0 Å². The molecule has 0 unspecified atom stereocenters. The zero-order chi connectivity index (χ0) is 11.3. The summed E-state index contributed by atoms with van der Waals surface area (Å²) in [5.74, 6) is 0. The number of hydrogen-bond donors (Lipinski definition) is 2. The summed E-state index contributed by atoms with van der Waals surface area (Å²) in [7, 11) is 0. The molecule has 1 aromatic rings. The van der Waals surface area contributed by atoms with Crippen molar-refractivity contribution in [2.45, 2.75) is 26.8 Å². The van der Waals surface area contributed by atoms with E-state index in [4.69, 9.17) is 34.7 Å². The summed E-state index contributed by atoms with van der Waals surface area (Å²) in [6.45, 7) is 5.80. The highest BCUT2D eigenvalue weighted by Gasteiger charge is 2.00. The Kier molecular flexibility index (Phi) is 5.93. The topological polar surface area (TPSA) is 52.0 Å². The third-order valence-electron chi connectivity index (χ3n) is 1.22. The predicted octanol–water partition coefficient (Wildman–Crippen LogP) is 3.24. The Bertz CT molecular complexity index is 272. The maximum absolute atomic E-state index is 5.71. The van der Waals surface area contributed by atoms with Gasteiger partial charge in [0.05, 0.1) is 15.7 Å². The number of benzene rings is 1. The van der Waals surface area contributed by atoms with Crippen LogP contribution in [-0.4, -0.2) is 6.04 Å². The van der Waals surface area contributed by atoms with E-state index in [2.05, 4.69) is 0 Å². The van der Waals surface area contributed by atoms with Crippen LogP contribution < -0.4 is 11.5 Å². The van der Waals surface area contributed by atoms with E-state index in [0.717, 1.165) is 5.56 Å². The van der Waals surface area contributed by atoms with Crippen molar-refractivity contribution < 1.29 is 0 Å². The van der Waals surface area contributed by atoms with Crippen LogP contribution in [0.4, 0.5) is 5.69 Å². The number of aryl methyl sites for hydroxylation is 1. The highest BCUT2D eigenvalue weighted by Crippen LogP contribution is 2.28. The summed E-state index contributed by atoms with van der Waals surface area (Å²) in [5.41, 5.74) is 12.1. The van der Waals surface area contributed by atoms with Crippen LogP contribution in [0.15, 0.2) is 12.1 Å². The molecule has 0 saturated heterocycles. The quantitative estimate of drug-likeness (QED) is 0.678. The van der Waals surface area contributed by atoms with Gasteiger partial charge in [0.1, 0.15) is 0 Å². The number of hydrogen-bond acceptors (Lipinski definition) is 2. The number of anilines is 1. The van der Waals surface area contributed by atoms with Gasteiger partial charge >= 0.3 is 0 Å². The number of nitrogen functional groups attached to an aromatic ring is 1. The van der Waals surface area contributed by atoms with Crippen LogP contribution in [0.5, 0.6) is 0 Å². The van der Waals surface area contributed by atoms with Gasteiger partial charge in [0.2, 0.25) is 0 Å². The SMILES string of the molecule is CC(C)N.Cc1cc(Cl)c(N)c(Cl)c1. The molecule has 0 aromatic heterocycles. The first-order valence-corrected chi connectivity index (χ1v) is 5.07. The Morgan fingerprint density at radius 3 is 1.71 bits per heavy atom. The molecule has 14 heavy (non-hydrogen) atoms. The van der Waals surface area contributed by atoms with Crippen LogP contribution >= 0.6 is 23.2 Å². The monoisotopic (exact) mass is 234 g/mol. The van der Waals surface area contributed by atoms with Gasteiger partial charge in [0, 0.05) is 0 Å². The summed E-state index contributed by atoms with van der Waals surface area (Å²) >= 11 is 11.4. The Morgan fingerprint density at radius 1 is 1.14 bits per heavy atom. The molecule has 4 heteroatoms. The Hall–Kier alpha value is -0.440. The fourth-order valence-corrected chi connectivity index (χ4v) is 1.31. The lowest BCUT2D eigenvalue weighted by atomic mass is 10.2. The molecule has 0 aliphatic carbocycles. The second-order valence-corrected chi connectivity index (χ2v) is 4.20. The van der Waals surface area contributed by atoms with Gasteiger partial charge in [0.15, 0.2) is 0 Å². The van der Waals surface area contributed by atoms with Gasteiger partial charge in [0.25, 0.3) is 0 Å². The first-order chi connectivity index (χ1) is 6.34. The molecule has 0 aliphatic rings. The van der Waals surface area contributed by atoms with Crippen molar-refractivity contribution in [3.05, 3.63) is 27.7 Å². The molecule has 0 bridgehead atoms. The van der Waals surface area contributed by atoms with Gasteiger partial charge < -0.3 is 11.5 Å². The average molecular weight is 235 g/mol. The summed E-state index contributed by atoms with van der Waals surface area (Å²) in [4.78, 5) is 0. The third-order valence-corrected chi connectivity index (χ3v) is 1.85. The van der Waals surface area contributed by atoms with Gasteiger partial charge in [-0.05, 0) is 30.7 Å². The Balaban J connectivity index is 0.000000364. The number of nitrogens with two attached hydrogens (primary N) is 2. The highest BCUT2D eigenvalue weighted by atomic mass is 35.5. The number of halogens is 2. The number of rotatable bonds is 0. The van der Waals surface area contributed by atoms with E-state index in [0.29, 0.717) is 21.8 Å². The lowest BCUT2D eigenvalue weighted by molar-refractivity contribution is 0.834. The fourth-order valence-electron chi connectivity index (χ4n) is 0.711. The zero-order valence-electron chi connectivity index (χ0n) is 8.64. The molecule has 0 heterocycles. The second kappa shape index (κ2) is 6.12. The van der Waals surface area contributed by atoms with E-state index < -0.39 is 0 Å². The molecule has 80 valence electrons. The zero-order valence-corrected chi connectivity index (χ0v) is 10.2. The van der Waals surface area contributed by atoms with E-state index in [1.165, 1.54) is 0 Å². The van der Waals surface area contributed by atoms with Crippen LogP contribution in [0.25, 0.3) is 0 Å². The van der Waals surface area contributed by atoms with Crippen LogP contribution in [-0.2, 0) is 0 Å². The molecule has 1 aromatic carbocycles. The summed E-state index contributed by atoms with van der Waals surface area (Å²) in [6, 6.07) is 3.89. The minimum Gasteiger partial charge on any atom is -0.396 e. The average Bonchev–Trinajstić information content (AvgIpc) is 1.98. The standard InChI is InChI=1S/C7H7Cl2N.C3H9N/c1-4-2-5(8)7(10)6(9)3-4;1-3(2)4/h2-3H,10H2,1H3;3H,4H2,1-2H3. The first kappa shape index (κ1) is 13.6. The van der Waals surface area contributed by atoms with Crippen molar-refractivity contribution in [2.75, 3.05) is 5.73 Å². The Morgan fingerprint density at radius 2 is 1.43 bits per heavy atom. The van der Waals surface area contributed by atoms with E-state index >= 15 is 0 Å². The summed E-state index contributed by atoms with van der Waals surface area (Å²) < 4.78 is 0. The van der Waals surface area contributed by atoms with Crippen LogP contribution in [0.1, 0.15) is 19.4 Å². The molecule has 1 rings (SSSR count). The van der Waals surface area contributed by atoms with E-state index in [9.17, 15) is 0 Å². The van der Waals surface area contributed by atoms with E-state index in [1.54, 1.807) is 12.1 Å². The van der Waals surface area contributed by atoms with Crippen molar-refractivity contribution >= 4 is 28.9 Å². The molecule has 0 fully saturated rings. The molecule has 0 spiro atoms. The second-order valence-electron chi connectivity index (χ2n) is 3.39. The minimum atomic E-state index is 0.333. The van der Waals surface area contributed by atoms with Crippen LogP contribution in [0.2, 0.25) is 10.0 Å².